The predicted octanol–water partition coefficient (Wildman–Crippen LogP) is 4.01. The number of ether oxygens (including phenoxy) is 1. The lowest BCUT2D eigenvalue weighted by Crippen LogP contribution is -2.06. The van der Waals surface area contributed by atoms with Gasteiger partial charge in [0.1, 0.15) is 11.6 Å². The molecule has 0 aromatic heterocycles. The number of benzene rings is 2. The van der Waals surface area contributed by atoms with Gasteiger partial charge in [0.25, 0.3) is 0 Å². The van der Waals surface area contributed by atoms with E-state index in [9.17, 15) is 18.0 Å². The summed E-state index contributed by atoms with van der Waals surface area (Å²) in [7, 11) is 1.13. The highest BCUT2D eigenvalue weighted by molar-refractivity contribution is 8.00. The predicted molar refractivity (Wildman–Crippen MR) is 73.6 cm³/mol. The van der Waals surface area contributed by atoms with Crippen molar-refractivity contribution >= 4 is 23.6 Å². The minimum Gasteiger partial charge on any atom is -0.465 e. The van der Waals surface area contributed by atoms with E-state index in [1.54, 1.807) is 0 Å². The van der Waals surface area contributed by atoms with Gasteiger partial charge >= 0.3 is 5.97 Å². The summed E-state index contributed by atoms with van der Waals surface area (Å²) in [6.07, 6.45) is 0. The molecule has 0 amide bonds. The molecule has 0 bridgehead atoms. The molecule has 7 heteroatoms. The van der Waals surface area contributed by atoms with Gasteiger partial charge in [0, 0.05) is 0 Å². The topological polar surface area (TPSA) is 38.3 Å². The molecule has 0 aliphatic rings. The molecule has 110 valence electrons. The molecular weight excluding hydrogens is 303 g/mol. The molecule has 0 atom stereocenters. The molecule has 0 radical (unpaired) electrons. The highest BCUT2D eigenvalue weighted by Gasteiger charge is 2.16. The Kier molecular flexibility index (Phi) is 4.74. The first-order chi connectivity index (χ1) is 10.0. The van der Waals surface area contributed by atoms with E-state index in [4.69, 9.17) is 0 Å². The van der Waals surface area contributed by atoms with Crippen LogP contribution in [0.4, 0.5) is 18.9 Å². The maximum absolute atomic E-state index is 14.0. The zero-order valence-corrected chi connectivity index (χ0v) is 11.6. The number of anilines is 1. The molecule has 0 fully saturated rings. The Morgan fingerprint density at radius 3 is 2.33 bits per heavy atom. The van der Waals surface area contributed by atoms with Crippen molar-refractivity contribution in [3.05, 3.63) is 59.4 Å². The van der Waals surface area contributed by atoms with E-state index in [2.05, 4.69) is 9.46 Å². The third kappa shape index (κ3) is 3.30. The van der Waals surface area contributed by atoms with E-state index in [1.807, 2.05) is 0 Å². The summed E-state index contributed by atoms with van der Waals surface area (Å²) < 4.78 is 47.9. The fourth-order valence-corrected chi connectivity index (χ4v) is 2.27. The molecule has 21 heavy (non-hydrogen) atoms. The lowest BCUT2D eigenvalue weighted by molar-refractivity contribution is 0.0595. The number of halogens is 3. The molecule has 0 saturated heterocycles. The van der Waals surface area contributed by atoms with Crippen LogP contribution in [0.15, 0.2) is 41.3 Å². The van der Waals surface area contributed by atoms with Gasteiger partial charge in [0.15, 0.2) is 5.82 Å². The molecule has 0 unspecified atom stereocenters. The third-order valence-electron chi connectivity index (χ3n) is 2.59. The van der Waals surface area contributed by atoms with E-state index in [1.165, 1.54) is 24.3 Å². The highest BCUT2D eigenvalue weighted by Crippen LogP contribution is 2.28. The Labute approximate surface area is 123 Å². The monoisotopic (exact) mass is 313 g/mol. The average Bonchev–Trinajstić information content (AvgIpc) is 2.47. The molecule has 0 saturated carbocycles. The Hall–Kier alpha value is -2.15. The fourth-order valence-electron chi connectivity index (χ4n) is 1.56. The van der Waals surface area contributed by atoms with Crippen molar-refractivity contribution < 1.29 is 22.7 Å². The van der Waals surface area contributed by atoms with Crippen molar-refractivity contribution in [2.24, 2.45) is 0 Å². The van der Waals surface area contributed by atoms with E-state index in [-0.39, 0.29) is 16.1 Å². The number of hydrogen-bond donors (Lipinski definition) is 1. The first-order valence-electron chi connectivity index (χ1n) is 5.78. The summed E-state index contributed by atoms with van der Waals surface area (Å²) in [5, 5.41) is 0. The van der Waals surface area contributed by atoms with Gasteiger partial charge < -0.3 is 9.46 Å². The van der Waals surface area contributed by atoms with Crippen molar-refractivity contribution in [2.75, 3.05) is 11.8 Å². The first-order valence-corrected chi connectivity index (χ1v) is 6.60. The Balaban J connectivity index is 2.23. The van der Waals surface area contributed by atoms with E-state index >= 15 is 0 Å². The van der Waals surface area contributed by atoms with Crippen molar-refractivity contribution in [3.8, 4) is 0 Å². The smallest absolute Gasteiger partial charge is 0.340 e. The molecule has 0 heterocycles. The first kappa shape index (κ1) is 15.2. The molecule has 0 spiro atoms. The maximum atomic E-state index is 14.0. The SMILES string of the molecule is COC(=O)c1cccc(NSc2c(F)cccc2F)c1F. The molecule has 3 nitrogen and oxygen atoms in total. The van der Waals surface area contributed by atoms with Crippen LogP contribution in [0.5, 0.6) is 0 Å². The molecule has 2 aromatic carbocycles. The second kappa shape index (κ2) is 6.53. The zero-order chi connectivity index (χ0) is 15.4. The van der Waals surface area contributed by atoms with Crippen LogP contribution >= 0.6 is 11.9 Å². The molecular formula is C14H10F3NO2S. The summed E-state index contributed by atoms with van der Waals surface area (Å²) in [5.41, 5.74) is -0.345. The van der Waals surface area contributed by atoms with E-state index in [0.717, 1.165) is 19.2 Å². The second-order valence-corrected chi connectivity index (χ2v) is 4.73. The number of esters is 1. The van der Waals surface area contributed by atoms with Crippen LogP contribution in [-0.4, -0.2) is 13.1 Å². The van der Waals surface area contributed by atoms with Crippen molar-refractivity contribution in [1.82, 2.24) is 0 Å². The minimum absolute atomic E-state index is 0.0782. The third-order valence-corrected chi connectivity index (χ3v) is 3.50. The summed E-state index contributed by atoms with van der Waals surface area (Å²) in [6.45, 7) is 0. The molecule has 0 aliphatic carbocycles. The summed E-state index contributed by atoms with van der Waals surface area (Å²) in [6, 6.07) is 7.43. The standard InChI is InChI=1S/C14H10F3NO2S/c1-20-14(19)8-4-2-7-11(12(8)17)18-21-13-9(15)5-3-6-10(13)16/h2-7,18H,1H3. The lowest BCUT2D eigenvalue weighted by atomic mass is 10.2. The highest BCUT2D eigenvalue weighted by atomic mass is 32.2. The summed E-state index contributed by atoms with van der Waals surface area (Å²) >= 11 is 0.577. The quantitative estimate of drug-likeness (QED) is 0.684. The van der Waals surface area contributed by atoms with Gasteiger partial charge in [0.05, 0.1) is 23.3 Å². The van der Waals surface area contributed by atoms with E-state index < -0.39 is 23.4 Å². The fraction of sp³-hybridized carbons (Fsp3) is 0.0714. The Bertz CT molecular complexity index is 659. The van der Waals surface area contributed by atoms with Crippen molar-refractivity contribution in [1.29, 1.82) is 0 Å². The number of carbonyl (C=O) groups is 1. The van der Waals surface area contributed by atoms with Crippen LogP contribution in [0.2, 0.25) is 0 Å². The van der Waals surface area contributed by atoms with Gasteiger partial charge in [-0.3, -0.25) is 0 Å². The van der Waals surface area contributed by atoms with Crippen LogP contribution in [0.1, 0.15) is 10.4 Å². The largest absolute Gasteiger partial charge is 0.465 e. The molecule has 2 aromatic rings. The van der Waals surface area contributed by atoms with Gasteiger partial charge in [-0.1, -0.05) is 12.1 Å². The van der Waals surface area contributed by atoms with Gasteiger partial charge in [-0.15, -0.1) is 0 Å². The van der Waals surface area contributed by atoms with Crippen molar-refractivity contribution in [2.45, 2.75) is 4.90 Å². The zero-order valence-electron chi connectivity index (χ0n) is 10.8. The Morgan fingerprint density at radius 2 is 1.71 bits per heavy atom. The number of methoxy groups -OCH3 is 1. The summed E-state index contributed by atoms with van der Waals surface area (Å²) in [4.78, 5) is 11.1. The van der Waals surface area contributed by atoms with Crippen molar-refractivity contribution in [3.63, 3.8) is 0 Å². The van der Waals surface area contributed by atoms with Gasteiger partial charge in [-0.05, 0) is 36.2 Å². The molecule has 2 rings (SSSR count). The average molecular weight is 313 g/mol. The van der Waals surface area contributed by atoms with Crippen LogP contribution in [-0.2, 0) is 4.74 Å². The maximum Gasteiger partial charge on any atom is 0.340 e. The van der Waals surface area contributed by atoms with Gasteiger partial charge in [-0.25, -0.2) is 18.0 Å². The number of rotatable bonds is 4. The van der Waals surface area contributed by atoms with Crippen LogP contribution < -0.4 is 4.72 Å². The number of carbonyl (C=O) groups excluding carboxylic acids is 1. The molecule has 0 aliphatic heterocycles. The second-order valence-electron chi connectivity index (χ2n) is 3.91. The van der Waals surface area contributed by atoms with Crippen LogP contribution in [0.3, 0.4) is 0 Å². The number of hydrogen-bond acceptors (Lipinski definition) is 4. The molecule has 1 N–H and O–H groups in total. The number of nitrogens with one attached hydrogen (secondary N) is 1. The Morgan fingerprint density at radius 1 is 1.10 bits per heavy atom. The summed E-state index contributed by atoms with van der Waals surface area (Å²) in [5.74, 6) is -3.22. The van der Waals surface area contributed by atoms with E-state index in [0.29, 0.717) is 11.9 Å². The van der Waals surface area contributed by atoms with Crippen LogP contribution in [0, 0.1) is 17.5 Å². The van der Waals surface area contributed by atoms with Crippen LogP contribution in [0.25, 0.3) is 0 Å². The lowest BCUT2D eigenvalue weighted by Gasteiger charge is -2.10. The minimum atomic E-state index is -0.853. The van der Waals surface area contributed by atoms with Gasteiger partial charge in [0.2, 0.25) is 0 Å². The van der Waals surface area contributed by atoms with Gasteiger partial charge in [-0.2, -0.15) is 0 Å². The normalized spacial score (nSPS) is 10.3.